The number of para-hydroxylation sites is 1. The summed E-state index contributed by atoms with van der Waals surface area (Å²) in [5.41, 5.74) is 5.24. The molecular weight excluding hydrogens is 304 g/mol. The maximum Gasteiger partial charge on any atom is 0.156 e. The number of benzene rings is 1. The first-order valence-electron chi connectivity index (χ1n) is 8.01. The molecule has 2 aromatic heterocycles. The van der Waals surface area contributed by atoms with Gasteiger partial charge in [-0.15, -0.1) is 0 Å². The molecule has 1 aliphatic heterocycles. The molecular formula is C18H20N4S. The SMILES string of the molecule is Cc1cnc(C)n2c1c(CCSC1=NCCN1)c1ccccc12. The fourth-order valence-electron chi connectivity index (χ4n) is 3.34. The van der Waals surface area contributed by atoms with Crippen molar-refractivity contribution < 1.29 is 0 Å². The van der Waals surface area contributed by atoms with Crippen LogP contribution in [0.4, 0.5) is 0 Å². The van der Waals surface area contributed by atoms with E-state index in [9.17, 15) is 0 Å². The van der Waals surface area contributed by atoms with Gasteiger partial charge in [-0.2, -0.15) is 0 Å². The highest BCUT2D eigenvalue weighted by molar-refractivity contribution is 8.13. The number of amidine groups is 1. The highest BCUT2D eigenvalue weighted by atomic mass is 32.2. The Morgan fingerprint density at radius 3 is 2.96 bits per heavy atom. The summed E-state index contributed by atoms with van der Waals surface area (Å²) in [6.45, 7) is 6.11. The fourth-order valence-corrected chi connectivity index (χ4v) is 4.23. The van der Waals surface area contributed by atoms with Gasteiger partial charge in [-0.25, -0.2) is 4.98 Å². The van der Waals surface area contributed by atoms with Crippen LogP contribution in [-0.2, 0) is 6.42 Å². The summed E-state index contributed by atoms with van der Waals surface area (Å²) in [6, 6.07) is 8.65. The molecule has 0 amide bonds. The highest BCUT2D eigenvalue weighted by Crippen LogP contribution is 2.30. The van der Waals surface area contributed by atoms with Crippen LogP contribution in [0.5, 0.6) is 0 Å². The summed E-state index contributed by atoms with van der Waals surface area (Å²) >= 11 is 1.82. The van der Waals surface area contributed by atoms with Crippen molar-refractivity contribution in [1.82, 2.24) is 14.7 Å². The molecule has 3 heterocycles. The maximum atomic E-state index is 4.54. The van der Waals surface area contributed by atoms with Crippen molar-refractivity contribution in [2.45, 2.75) is 20.3 Å². The third-order valence-electron chi connectivity index (χ3n) is 4.36. The van der Waals surface area contributed by atoms with E-state index in [2.05, 4.69) is 57.8 Å². The smallest absolute Gasteiger partial charge is 0.156 e. The number of aliphatic imine (C=N–C) groups is 1. The zero-order valence-corrected chi connectivity index (χ0v) is 14.3. The van der Waals surface area contributed by atoms with E-state index in [1.165, 1.54) is 27.5 Å². The predicted molar refractivity (Wildman–Crippen MR) is 98.6 cm³/mol. The van der Waals surface area contributed by atoms with Gasteiger partial charge in [0.25, 0.3) is 0 Å². The number of aromatic nitrogens is 2. The van der Waals surface area contributed by atoms with E-state index < -0.39 is 0 Å². The molecule has 118 valence electrons. The van der Waals surface area contributed by atoms with Crippen LogP contribution >= 0.6 is 11.8 Å². The lowest BCUT2D eigenvalue weighted by atomic mass is 10.1. The van der Waals surface area contributed by atoms with Crippen molar-refractivity contribution in [2.24, 2.45) is 4.99 Å². The van der Waals surface area contributed by atoms with Crippen molar-refractivity contribution in [3.05, 3.63) is 47.4 Å². The Hall–Kier alpha value is -2.01. The summed E-state index contributed by atoms with van der Waals surface area (Å²) in [5, 5.41) is 5.76. The molecule has 1 N–H and O–H groups in total. The molecule has 0 saturated carbocycles. The number of nitrogens with one attached hydrogen (secondary N) is 1. The first kappa shape index (κ1) is 14.6. The Labute approximate surface area is 140 Å². The Bertz CT molecular complexity index is 910. The first-order valence-corrected chi connectivity index (χ1v) is 8.99. The molecule has 0 unspecified atom stereocenters. The van der Waals surface area contributed by atoms with Crippen molar-refractivity contribution in [2.75, 3.05) is 18.8 Å². The molecule has 0 spiro atoms. The predicted octanol–water partition coefficient (Wildman–Crippen LogP) is 3.34. The minimum atomic E-state index is 0.907. The van der Waals surface area contributed by atoms with Crippen LogP contribution in [0.25, 0.3) is 16.4 Å². The molecule has 23 heavy (non-hydrogen) atoms. The summed E-state index contributed by atoms with van der Waals surface area (Å²) in [5.74, 6) is 2.08. The molecule has 0 radical (unpaired) electrons. The number of aryl methyl sites for hydroxylation is 3. The topological polar surface area (TPSA) is 41.7 Å². The zero-order valence-electron chi connectivity index (χ0n) is 13.5. The van der Waals surface area contributed by atoms with E-state index in [0.717, 1.165) is 36.3 Å². The average Bonchev–Trinajstić information content (AvgIpc) is 3.18. The van der Waals surface area contributed by atoms with Gasteiger partial charge in [-0.05, 0) is 37.5 Å². The van der Waals surface area contributed by atoms with E-state index in [0.29, 0.717) is 0 Å². The average molecular weight is 324 g/mol. The Balaban J connectivity index is 1.78. The quantitative estimate of drug-likeness (QED) is 0.803. The molecule has 0 bridgehead atoms. The van der Waals surface area contributed by atoms with Crippen molar-refractivity contribution >= 4 is 33.3 Å². The third kappa shape index (κ3) is 2.49. The van der Waals surface area contributed by atoms with Crippen LogP contribution in [0.15, 0.2) is 35.5 Å². The van der Waals surface area contributed by atoms with E-state index in [1.54, 1.807) is 0 Å². The Morgan fingerprint density at radius 1 is 1.26 bits per heavy atom. The van der Waals surface area contributed by atoms with E-state index in [1.807, 2.05) is 18.0 Å². The number of nitrogens with zero attached hydrogens (tertiary/aromatic N) is 3. The molecule has 3 aromatic rings. The second kappa shape index (κ2) is 5.89. The lowest BCUT2D eigenvalue weighted by Gasteiger charge is -2.06. The van der Waals surface area contributed by atoms with E-state index in [4.69, 9.17) is 0 Å². The maximum absolute atomic E-state index is 4.54. The van der Waals surface area contributed by atoms with E-state index >= 15 is 0 Å². The Kier molecular flexibility index (Phi) is 3.73. The fraction of sp³-hybridized carbons (Fsp3) is 0.333. The molecule has 1 aliphatic rings. The van der Waals surface area contributed by atoms with Crippen molar-refractivity contribution in [3.8, 4) is 0 Å². The van der Waals surface area contributed by atoms with Gasteiger partial charge in [0.1, 0.15) is 5.82 Å². The first-order chi connectivity index (χ1) is 11.3. The molecule has 0 saturated heterocycles. The van der Waals surface area contributed by atoms with Gasteiger partial charge in [0.2, 0.25) is 0 Å². The lowest BCUT2D eigenvalue weighted by molar-refractivity contribution is 0.963. The van der Waals surface area contributed by atoms with Gasteiger partial charge in [0, 0.05) is 23.9 Å². The van der Waals surface area contributed by atoms with Gasteiger partial charge in [-0.1, -0.05) is 30.0 Å². The van der Waals surface area contributed by atoms with Gasteiger partial charge >= 0.3 is 0 Å². The number of fused-ring (bicyclic) bond motifs is 3. The normalized spacial score (nSPS) is 14.4. The standard InChI is InChI=1S/C18H20N4S/c1-12-11-21-13(2)22-16-6-4-3-5-14(16)15(17(12)22)7-10-23-18-19-8-9-20-18/h3-6,11H,7-10H2,1-2H3,(H,19,20). The zero-order chi connectivity index (χ0) is 15.8. The van der Waals surface area contributed by atoms with Crippen LogP contribution in [-0.4, -0.2) is 33.4 Å². The molecule has 4 nitrogen and oxygen atoms in total. The number of thioether (sulfide) groups is 1. The molecule has 0 atom stereocenters. The summed E-state index contributed by atoms with van der Waals surface area (Å²) in [4.78, 5) is 9.01. The minimum absolute atomic E-state index is 0.907. The van der Waals surface area contributed by atoms with Crippen molar-refractivity contribution in [3.63, 3.8) is 0 Å². The van der Waals surface area contributed by atoms with E-state index in [-0.39, 0.29) is 0 Å². The number of hydrogen-bond donors (Lipinski definition) is 1. The van der Waals surface area contributed by atoms with Crippen LogP contribution < -0.4 is 5.32 Å². The van der Waals surface area contributed by atoms with Crippen molar-refractivity contribution in [1.29, 1.82) is 0 Å². The molecule has 5 heteroatoms. The molecule has 0 aliphatic carbocycles. The van der Waals surface area contributed by atoms with Crippen LogP contribution in [0.3, 0.4) is 0 Å². The van der Waals surface area contributed by atoms with Gasteiger partial charge < -0.3 is 5.32 Å². The van der Waals surface area contributed by atoms with Gasteiger partial charge in [0.05, 0.1) is 17.6 Å². The molecule has 1 aromatic carbocycles. The van der Waals surface area contributed by atoms with Crippen LogP contribution in [0.2, 0.25) is 0 Å². The second-order valence-corrected chi connectivity index (χ2v) is 6.96. The van der Waals surface area contributed by atoms with Crippen LogP contribution in [0, 0.1) is 13.8 Å². The van der Waals surface area contributed by atoms with Crippen LogP contribution in [0.1, 0.15) is 17.0 Å². The molecule has 0 fully saturated rings. The second-order valence-electron chi connectivity index (χ2n) is 5.88. The largest absolute Gasteiger partial charge is 0.363 e. The number of hydrogen-bond acceptors (Lipinski definition) is 4. The summed E-state index contributed by atoms with van der Waals surface area (Å²) < 4.78 is 2.30. The summed E-state index contributed by atoms with van der Waals surface area (Å²) in [6.07, 6.45) is 3.02. The van der Waals surface area contributed by atoms with Gasteiger partial charge in [-0.3, -0.25) is 9.39 Å². The highest BCUT2D eigenvalue weighted by Gasteiger charge is 2.15. The Morgan fingerprint density at radius 2 is 2.13 bits per heavy atom. The summed E-state index contributed by atoms with van der Waals surface area (Å²) in [7, 11) is 0. The van der Waals surface area contributed by atoms with Gasteiger partial charge in [0.15, 0.2) is 5.17 Å². The third-order valence-corrected chi connectivity index (χ3v) is 5.31. The molecule has 4 rings (SSSR count). The minimum Gasteiger partial charge on any atom is -0.363 e. The monoisotopic (exact) mass is 324 g/mol. The lowest BCUT2D eigenvalue weighted by Crippen LogP contribution is -2.15. The number of rotatable bonds is 3.